The summed E-state index contributed by atoms with van der Waals surface area (Å²) >= 11 is 11.8. The van der Waals surface area contributed by atoms with Crippen molar-refractivity contribution >= 4 is 46.9 Å². The van der Waals surface area contributed by atoms with E-state index >= 15 is 0 Å². The topological polar surface area (TPSA) is 63.6 Å². The van der Waals surface area contributed by atoms with Crippen molar-refractivity contribution in [3.05, 3.63) is 69.7 Å². The molecule has 134 valence electrons. The molecule has 0 atom stereocenters. The van der Waals surface area contributed by atoms with Crippen LogP contribution in [0.3, 0.4) is 0 Å². The smallest absolute Gasteiger partial charge is 0.163 e. The lowest BCUT2D eigenvalue weighted by Crippen LogP contribution is -2.01. The van der Waals surface area contributed by atoms with Gasteiger partial charge in [-0.25, -0.2) is 0 Å². The van der Waals surface area contributed by atoms with Gasteiger partial charge in [-0.15, -0.1) is 0 Å². The number of hydrogen-bond donors (Lipinski definition) is 1. The van der Waals surface area contributed by atoms with Crippen LogP contribution in [-0.2, 0) is 9.59 Å². The van der Waals surface area contributed by atoms with Gasteiger partial charge in [-0.1, -0.05) is 41.4 Å². The summed E-state index contributed by atoms with van der Waals surface area (Å²) in [7, 11) is 1.45. The number of aromatic hydroxyl groups is 1. The second kappa shape index (κ2) is 9.22. The van der Waals surface area contributed by atoms with Crippen LogP contribution in [0.1, 0.15) is 17.5 Å². The molecule has 0 amide bonds. The van der Waals surface area contributed by atoms with E-state index in [4.69, 9.17) is 27.9 Å². The summed E-state index contributed by atoms with van der Waals surface area (Å²) in [5, 5.41) is 10.6. The van der Waals surface area contributed by atoms with Gasteiger partial charge in [-0.2, -0.15) is 0 Å². The molecule has 0 heterocycles. The van der Waals surface area contributed by atoms with Crippen molar-refractivity contribution in [2.75, 3.05) is 7.11 Å². The minimum absolute atomic E-state index is 0.0266. The summed E-state index contributed by atoms with van der Waals surface area (Å²) in [6, 6.07) is 9.65. The second-order valence-corrected chi connectivity index (χ2v) is 6.28. The number of ketones is 2. The summed E-state index contributed by atoms with van der Waals surface area (Å²) in [5.74, 6) is -0.372. The van der Waals surface area contributed by atoms with E-state index in [1.165, 1.54) is 31.4 Å². The number of carbonyl (C=O) groups excluding carboxylic acids is 2. The highest BCUT2D eigenvalue weighted by Crippen LogP contribution is 2.26. The predicted octanol–water partition coefficient (Wildman–Crippen LogP) is 4.96. The fourth-order valence-corrected chi connectivity index (χ4v) is 2.69. The summed E-state index contributed by atoms with van der Waals surface area (Å²) in [4.78, 5) is 23.8. The molecule has 26 heavy (non-hydrogen) atoms. The molecule has 2 aromatic carbocycles. The average molecular weight is 391 g/mol. The van der Waals surface area contributed by atoms with Crippen LogP contribution in [0, 0.1) is 0 Å². The van der Waals surface area contributed by atoms with Gasteiger partial charge in [0.15, 0.2) is 23.1 Å². The SMILES string of the molecule is COc1ccc(C=CC(=O)CC(=O)C=Cc2cc(Cl)cc(Cl)c2)cc1O. The largest absolute Gasteiger partial charge is 0.504 e. The highest BCUT2D eigenvalue weighted by molar-refractivity contribution is 6.34. The first-order valence-electron chi connectivity index (χ1n) is 7.62. The van der Waals surface area contributed by atoms with Crippen LogP contribution in [0.2, 0.25) is 10.0 Å². The molecular formula is C20H16Cl2O4. The molecule has 0 aliphatic rings. The summed E-state index contributed by atoms with van der Waals surface area (Å²) in [5.41, 5.74) is 1.29. The van der Waals surface area contributed by atoms with Gasteiger partial charge in [0.25, 0.3) is 0 Å². The van der Waals surface area contributed by atoms with Crippen LogP contribution < -0.4 is 4.74 Å². The first-order chi connectivity index (χ1) is 12.4. The first kappa shape index (κ1) is 19.8. The molecule has 0 aromatic heterocycles. The molecule has 0 aliphatic carbocycles. The Morgan fingerprint density at radius 3 is 2.08 bits per heavy atom. The predicted molar refractivity (Wildman–Crippen MR) is 104 cm³/mol. The molecule has 4 nitrogen and oxygen atoms in total. The van der Waals surface area contributed by atoms with Crippen molar-refractivity contribution in [3.63, 3.8) is 0 Å². The van der Waals surface area contributed by atoms with Crippen molar-refractivity contribution in [1.29, 1.82) is 0 Å². The van der Waals surface area contributed by atoms with Crippen molar-refractivity contribution in [2.24, 2.45) is 0 Å². The quantitative estimate of drug-likeness (QED) is 0.535. The minimum atomic E-state index is -0.348. The van der Waals surface area contributed by atoms with Crippen LogP contribution in [0.25, 0.3) is 12.2 Å². The Bertz CT molecular complexity index is 865. The number of halogens is 2. The van der Waals surface area contributed by atoms with E-state index in [0.29, 0.717) is 26.9 Å². The third kappa shape index (κ3) is 6.06. The Kier molecular flexibility index (Phi) is 7.01. The van der Waals surface area contributed by atoms with Crippen LogP contribution in [0.4, 0.5) is 0 Å². The molecule has 0 bridgehead atoms. The van der Waals surface area contributed by atoms with E-state index in [0.717, 1.165) is 0 Å². The maximum absolute atomic E-state index is 11.9. The average Bonchev–Trinajstić information content (AvgIpc) is 2.57. The van der Waals surface area contributed by atoms with E-state index < -0.39 is 0 Å². The van der Waals surface area contributed by atoms with Crippen LogP contribution in [-0.4, -0.2) is 23.8 Å². The number of rotatable bonds is 7. The Hall–Kier alpha value is -2.56. The highest BCUT2D eigenvalue weighted by atomic mass is 35.5. The monoisotopic (exact) mass is 390 g/mol. The number of allylic oxidation sites excluding steroid dienone is 2. The van der Waals surface area contributed by atoms with Crippen molar-refractivity contribution in [1.82, 2.24) is 0 Å². The van der Waals surface area contributed by atoms with E-state index in [1.54, 1.807) is 36.4 Å². The molecule has 0 saturated carbocycles. The molecule has 2 rings (SSSR count). The zero-order valence-electron chi connectivity index (χ0n) is 13.9. The molecule has 0 fully saturated rings. The Morgan fingerprint density at radius 2 is 1.54 bits per heavy atom. The van der Waals surface area contributed by atoms with Crippen LogP contribution in [0.15, 0.2) is 48.6 Å². The molecule has 0 saturated heterocycles. The number of ether oxygens (including phenoxy) is 1. The van der Waals surface area contributed by atoms with Crippen LogP contribution in [0.5, 0.6) is 11.5 Å². The standard InChI is InChI=1S/C20H16Cl2O4/c1-26-20-7-4-13(10-19(20)25)2-5-17(23)12-18(24)6-3-14-8-15(21)11-16(22)9-14/h2-11,25H,12H2,1H3. The Balaban J connectivity index is 1.95. The first-order valence-corrected chi connectivity index (χ1v) is 8.38. The van der Waals surface area contributed by atoms with Gasteiger partial charge < -0.3 is 9.84 Å². The van der Waals surface area contributed by atoms with Crippen molar-refractivity contribution in [2.45, 2.75) is 6.42 Å². The Labute approximate surface area is 161 Å². The van der Waals surface area contributed by atoms with Gasteiger partial charge in [-0.3, -0.25) is 9.59 Å². The van der Waals surface area contributed by atoms with Crippen molar-refractivity contribution in [3.8, 4) is 11.5 Å². The lowest BCUT2D eigenvalue weighted by atomic mass is 10.1. The maximum Gasteiger partial charge on any atom is 0.163 e. The summed E-state index contributed by atoms with van der Waals surface area (Å²) in [6.07, 6.45) is 5.42. The number of hydrogen-bond acceptors (Lipinski definition) is 4. The molecule has 0 spiro atoms. The van der Waals surface area contributed by atoms with Gasteiger partial charge >= 0.3 is 0 Å². The third-order valence-electron chi connectivity index (χ3n) is 3.36. The van der Waals surface area contributed by atoms with E-state index in [1.807, 2.05) is 0 Å². The molecule has 0 radical (unpaired) electrons. The Morgan fingerprint density at radius 1 is 0.962 bits per heavy atom. The van der Waals surface area contributed by atoms with E-state index in [9.17, 15) is 14.7 Å². The normalized spacial score (nSPS) is 11.2. The van der Waals surface area contributed by atoms with Gasteiger partial charge in [0.1, 0.15) is 0 Å². The van der Waals surface area contributed by atoms with Crippen molar-refractivity contribution < 1.29 is 19.4 Å². The van der Waals surface area contributed by atoms with Gasteiger partial charge in [-0.05, 0) is 53.6 Å². The third-order valence-corrected chi connectivity index (χ3v) is 3.80. The number of phenols is 1. The lowest BCUT2D eigenvalue weighted by molar-refractivity contribution is -0.121. The number of methoxy groups -OCH3 is 1. The summed E-state index contributed by atoms with van der Waals surface area (Å²) in [6.45, 7) is 0. The lowest BCUT2D eigenvalue weighted by Gasteiger charge is -2.03. The van der Waals surface area contributed by atoms with Gasteiger partial charge in [0, 0.05) is 10.0 Å². The van der Waals surface area contributed by atoms with Gasteiger partial charge in [0.2, 0.25) is 0 Å². The molecule has 0 aliphatic heterocycles. The molecule has 1 N–H and O–H groups in total. The van der Waals surface area contributed by atoms with Gasteiger partial charge in [0.05, 0.1) is 13.5 Å². The van der Waals surface area contributed by atoms with E-state index in [2.05, 4.69) is 0 Å². The fraction of sp³-hybridized carbons (Fsp3) is 0.100. The molecule has 2 aromatic rings. The fourth-order valence-electron chi connectivity index (χ4n) is 2.15. The van der Waals surface area contributed by atoms with E-state index in [-0.39, 0.29) is 23.7 Å². The maximum atomic E-state index is 11.9. The number of benzene rings is 2. The molecule has 0 unspecified atom stereocenters. The number of phenolic OH excluding ortho intramolecular Hbond substituents is 1. The van der Waals surface area contributed by atoms with Crippen LogP contribution >= 0.6 is 23.2 Å². The second-order valence-electron chi connectivity index (χ2n) is 5.41. The minimum Gasteiger partial charge on any atom is -0.504 e. The zero-order valence-corrected chi connectivity index (χ0v) is 15.4. The zero-order chi connectivity index (χ0) is 19.1. The summed E-state index contributed by atoms with van der Waals surface area (Å²) < 4.78 is 4.95. The number of carbonyl (C=O) groups is 2. The molecule has 6 heteroatoms. The highest BCUT2D eigenvalue weighted by Gasteiger charge is 2.05. The molecular weight excluding hydrogens is 375 g/mol.